The molecule has 0 aromatic carbocycles. The van der Waals surface area contributed by atoms with Gasteiger partial charge in [-0.25, -0.2) is 19.6 Å². The SMILES string of the molecule is Cn1cnc2c(=O)[nH]c(=O)[nH]c21.Cn1cnc2c(=O)[nH]c(=O)[nH]c21. The molecule has 124 valence electrons. The van der Waals surface area contributed by atoms with E-state index < -0.39 is 22.5 Å². The van der Waals surface area contributed by atoms with Crippen molar-refractivity contribution < 1.29 is 0 Å². The van der Waals surface area contributed by atoms with Crippen LogP contribution >= 0.6 is 0 Å². The molecular formula is C12H12N8O4. The number of imidazole rings is 2. The van der Waals surface area contributed by atoms with E-state index >= 15 is 0 Å². The van der Waals surface area contributed by atoms with Crippen LogP contribution in [0.4, 0.5) is 0 Å². The Hall–Kier alpha value is -3.70. The minimum atomic E-state index is -0.517. The van der Waals surface area contributed by atoms with Gasteiger partial charge in [0.25, 0.3) is 11.1 Å². The van der Waals surface area contributed by atoms with Gasteiger partial charge in [-0.1, -0.05) is 0 Å². The fourth-order valence-corrected chi connectivity index (χ4v) is 2.09. The molecule has 12 nitrogen and oxygen atoms in total. The topological polar surface area (TPSA) is 167 Å². The van der Waals surface area contributed by atoms with Gasteiger partial charge in [0.1, 0.15) is 11.3 Å². The van der Waals surface area contributed by atoms with Crippen LogP contribution in [-0.2, 0) is 14.1 Å². The van der Waals surface area contributed by atoms with Gasteiger partial charge in [0, 0.05) is 14.1 Å². The maximum Gasteiger partial charge on any atom is 0.327 e. The quantitative estimate of drug-likeness (QED) is 0.288. The van der Waals surface area contributed by atoms with Gasteiger partial charge in [0.15, 0.2) is 11.0 Å². The minimum Gasteiger partial charge on any atom is -0.320 e. The maximum absolute atomic E-state index is 11.1. The van der Waals surface area contributed by atoms with Crippen LogP contribution in [0.5, 0.6) is 0 Å². The van der Waals surface area contributed by atoms with Gasteiger partial charge in [-0.3, -0.25) is 29.5 Å². The zero-order chi connectivity index (χ0) is 17.4. The van der Waals surface area contributed by atoms with E-state index in [0.29, 0.717) is 11.3 Å². The number of rotatable bonds is 0. The highest BCUT2D eigenvalue weighted by Crippen LogP contribution is 1.98. The summed E-state index contributed by atoms with van der Waals surface area (Å²) in [5, 5.41) is 0. The van der Waals surface area contributed by atoms with Crippen LogP contribution in [0.3, 0.4) is 0 Å². The molecule has 0 radical (unpaired) electrons. The molecule has 0 aliphatic carbocycles. The van der Waals surface area contributed by atoms with Crippen molar-refractivity contribution in [3.05, 3.63) is 54.3 Å². The molecule has 4 aromatic heterocycles. The van der Waals surface area contributed by atoms with Crippen LogP contribution in [0, 0.1) is 0 Å². The molecule has 0 spiro atoms. The van der Waals surface area contributed by atoms with Crippen molar-refractivity contribution in [2.75, 3.05) is 0 Å². The fraction of sp³-hybridized carbons (Fsp3) is 0.167. The van der Waals surface area contributed by atoms with Crippen molar-refractivity contribution >= 4 is 22.3 Å². The number of aromatic nitrogens is 8. The van der Waals surface area contributed by atoms with Crippen LogP contribution in [0.1, 0.15) is 0 Å². The third-order valence-electron chi connectivity index (χ3n) is 3.22. The molecule has 0 amide bonds. The average molecular weight is 332 g/mol. The highest BCUT2D eigenvalue weighted by atomic mass is 16.2. The molecule has 4 aromatic rings. The monoisotopic (exact) mass is 332 g/mol. The van der Waals surface area contributed by atoms with Crippen molar-refractivity contribution in [1.29, 1.82) is 0 Å². The van der Waals surface area contributed by atoms with Gasteiger partial charge in [0.2, 0.25) is 0 Å². The lowest BCUT2D eigenvalue weighted by Gasteiger charge is -1.90. The second-order valence-electron chi connectivity index (χ2n) is 4.92. The molecule has 0 bridgehead atoms. The smallest absolute Gasteiger partial charge is 0.320 e. The number of nitrogens with one attached hydrogen (secondary N) is 4. The van der Waals surface area contributed by atoms with Crippen LogP contribution in [0.15, 0.2) is 31.8 Å². The van der Waals surface area contributed by atoms with Crippen molar-refractivity contribution in [2.24, 2.45) is 14.1 Å². The van der Waals surface area contributed by atoms with Crippen LogP contribution in [-0.4, -0.2) is 39.0 Å². The van der Waals surface area contributed by atoms with Crippen LogP contribution < -0.4 is 22.5 Å². The Kier molecular flexibility index (Phi) is 3.48. The number of H-pyrrole nitrogens is 4. The summed E-state index contributed by atoms with van der Waals surface area (Å²) in [4.78, 5) is 60.4. The first-order valence-electron chi connectivity index (χ1n) is 6.64. The lowest BCUT2D eigenvalue weighted by molar-refractivity contribution is 0.919. The van der Waals surface area contributed by atoms with E-state index in [1.807, 2.05) is 0 Å². The summed E-state index contributed by atoms with van der Waals surface area (Å²) in [7, 11) is 3.40. The summed E-state index contributed by atoms with van der Waals surface area (Å²) in [6.45, 7) is 0. The van der Waals surface area contributed by atoms with E-state index in [1.54, 1.807) is 23.2 Å². The van der Waals surface area contributed by atoms with Gasteiger partial charge < -0.3 is 9.13 Å². The van der Waals surface area contributed by atoms with E-state index in [2.05, 4.69) is 29.9 Å². The van der Waals surface area contributed by atoms with Gasteiger partial charge in [-0.15, -0.1) is 0 Å². The van der Waals surface area contributed by atoms with Gasteiger partial charge in [0.05, 0.1) is 12.7 Å². The molecule has 0 aliphatic heterocycles. The summed E-state index contributed by atoms with van der Waals surface area (Å²) in [6, 6.07) is 0. The van der Waals surface area contributed by atoms with Crippen molar-refractivity contribution in [2.45, 2.75) is 0 Å². The fourth-order valence-electron chi connectivity index (χ4n) is 2.09. The van der Waals surface area contributed by atoms with Gasteiger partial charge in [-0.05, 0) is 0 Å². The third kappa shape index (κ3) is 2.55. The summed E-state index contributed by atoms with van der Waals surface area (Å²) in [5.74, 6) is 0. The Balaban J connectivity index is 0.000000141. The van der Waals surface area contributed by atoms with Crippen molar-refractivity contribution in [3.8, 4) is 0 Å². The number of hydrogen-bond acceptors (Lipinski definition) is 6. The second-order valence-corrected chi connectivity index (χ2v) is 4.92. The van der Waals surface area contributed by atoms with E-state index in [4.69, 9.17) is 0 Å². The zero-order valence-corrected chi connectivity index (χ0v) is 12.6. The Bertz CT molecular complexity index is 1160. The minimum absolute atomic E-state index is 0.247. The number of fused-ring (bicyclic) bond motifs is 2. The Morgan fingerprint density at radius 2 is 1.08 bits per heavy atom. The highest BCUT2D eigenvalue weighted by molar-refractivity contribution is 5.69. The predicted molar refractivity (Wildman–Crippen MR) is 83.9 cm³/mol. The van der Waals surface area contributed by atoms with Crippen molar-refractivity contribution in [1.82, 2.24) is 39.0 Å². The van der Waals surface area contributed by atoms with Crippen LogP contribution in [0.2, 0.25) is 0 Å². The lowest BCUT2D eigenvalue weighted by Crippen LogP contribution is -2.22. The molecule has 0 fully saturated rings. The largest absolute Gasteiger partial charge is 0.327 e. The Morgan fingerprint density at radius 1 is 0.708 bits per heavy atom. The molecule has 0 atom stereocenters. The molecule has 4 rings (SSSR count). The first kappa shape index (κ1) is 15.2. The molecule has 0 aliphatic rings. The average Bonchev–Trinajstić information content (AvgIpc) is 3.05. The number of aromatic amines is 4. The summed E-state index contributed by atoms with van der Waals surface area (Å²) in [5.41, 5.74) is -0.599. The van der Waals surface area contributed by atoms with E-state index in [0.717, 1.165) is 0 Å². The normalized spacial score (nSPS) is 10.8. The Labute approximate surface area is 130 Å². The molecule has 12 heteroatoms. The van der Waals surface area contributed by atoms with Gasteiger partial charge in [-0.2, -0.15) is 0 Å². The summed E-state index contributed by atoms with van der Waals surface area (Å²) >= 11 is 0. The lowest BCUT2D eigenvalue weighted by atomic mass is 10.5. The first-order chi connectivity index (χ1) is 11.4. The number of hydrogen-bond donors (Lipinski definition) is 4. The predicted octanol–water partition coefficient (Wildman–Crippen LogP) is -2.10. The zero-order valence-electron chi connectivity index (χ0n) is 12.6. The molecule has 0 unspecified atom stereocenters. The summed E-state index contributed by atoms with van der Waals surface area (Å²) in [6.07, 6.45) is 2.94. The summed E-state index contributed by atoms with van der Waals surface area (Å²) < 4.78 is 3.15. The number of aryl methyl sites for hydroxylation is 2. The van der Waals surface area contributed by atoms with E-state index in [9.17, 15) is 19.2 Å². The second kappa shape index (κ2) is 5.49. The Morgan fingerprint density at radius 3 is 1.46 bits per heavy atom. The standard InChI is InChI=1S/2C6H6N4O2/c2*1-10-2-7-3-4(10)8-6(12)9-5(3)11/h2*2H,1H3,(H2,8,9,11,12). The molecule has 4 N–H and O–H groups in total. The first-order valence-corrected chi connectivity index (χ1v) is 6.64. The molecular weight excluding hydrogens is 320 g/mol. The molecule has 0 saturated carbocycles. The van der Waals surface area contributed by atoms with Crippen LogP contribution in [0.25, 0.3) is 22.3 Å². The molecule has 4 heterocycles. The van der Waals surface area contributed by atoms with E-state index in [1.165, 1.54) is 12.7 Å². The molecule has 0 saturated heterocycles. The maximum atomic E-state index is 11.1. The van der Waals surface area contributed by atoms with Crippen molar-refractivity contribution in [3.63, 3.8) is 0 Å². The number of nitrogens with zero attached hydrogens (tertiary/aromatic N) is 4. The molecule has 24 heavy (non-hydrogen) atoms. The third-order valence-corrected chi connectivity index (χ3v) is 3.22. The van der Waals surface area contributed by atoms with E-state index in [-0.39, 0.29) is 11.0 Å². The van der Waals surface area contributed by atoms with Gasteiger partial charge >= 0.3 is 11.4 Å². The highest BCUT2D eigenvalue weighted by Gasteiger charge is 2.04.